The van der Waals surface area contributed by atoms with Crippen molar-refractivity contribution in [2.24, 2.45) is 0 Å². The van der Waals surface area contributed by atoms with Crippen molar-refractivity contribution in [2.75, 3.05) is 6.61 Å². The first-order valence-corrected chi connectivity index (χ1v) is 6.85. The van der Waals surface area contributed by atoms with Crippen LogP contribution in [0.1, 0.15) is 24.1 Å². The van der Waals surface area contributed by atoms with E-state index in [0.29, 0.717) is 0 Å². The molecule has 0 aliphatic carbocycles. The number of hydrogen-bond donors (Lipinski definition) is 1. The van der Waals surface area contributed by atoms with Gasteiger partial charge in [0.1, 0.15) is 5.75 Å². The van der Waals surface area contributed by atoms with Crippen molar-refractivity contribution in [3.05, 3.63) is 59.9 Å². The van der Waals surface area contributed by atoms with Crippen LogP contribution in [0.4, 0.5) is 13.2 Å². The lowest BCUT2D eigenvalue weighted by Gasteiger charge is -2.14. The van der Waals surface area contributed by atoms with Gasteiger partial charge in [0.15, 0.2) is 6.61 Å². The molecule has 1 N–H and O–H groups in total. The average molecular weight is 324 g/mol. The van der Waals surface area contributed by atoms with Gasteiger partial charge in [-0.1, -0.05) is 12.1 Å². The first kappa shape index (κ1) is 16.8. The van der Waals surface area contributed by atoms with E-state index in [1.54, 1.807) is 25.4 Å². The van der Waals surface area contributed by atoms with Crippen LogP contribution in [0.15, 0.2) is 48.8 Å². The normalized spacial score (nSPS) is 12.5. The number of carbonyl (C=O) groups excluding carboxylic acids is 1. The molecule has 1 aromatic heterocycles. The summed E-state index contributed by atoms with van der Waals surface area (Å²) in [6, 6.07) is 7.68. The first-order chi connectivity index (χ1) is 10.9. The van der Waals surface area contributed by atoms with E-state index in [1.807, 2.05) is 6.07 Å². The molecule has 0 radical (unpaired) electrons. The summed E-state index contributed by atoms with van der Waals surface area (Å²) in [5.41, 5.74) is -0.000875. The number of alkyl halides is 3. The number of rotatable bonds is 5. The molecule has 4 nitrogen and oxygen atoms in total. The fraction of sp³-hybridized carbons (Fsp3) is 0.250. The Morgan fingerprint density at radius 2 is 2.09 bits per heavy atom. The lowest BCUT2D eigenvalue weighted by Crippen LogP contribution is -2.31. The van der Waals surface area contributed by atoms with E-state index in [-0.39, 0.29) is 18.4 Å². The summed E-state index contributed by atoms with van der Waals surface area (Å²) < 4.78 is 42.9. The van der Waals surface area contributed by atoms with Crippen LogP contribution in [0.5, 0.6) is 5.75 Å². The third-order valence-corrected chi connectivity index (χ3v) is 3.09. The van der Waals surface area contributed by atoms with E-state index in [4.69, 9.17) is 4.74 Å². The van der Waals surface area contributed by atoms with E-state index < -0.39 is 17.6 Å². The Bertz CT molecular complexity index is 660. The van der Waals surface area contributed by atoms with Crippen LogP contribution in [0, 0.1) is 0 Å². The number of carbonyl (C=O) groups is 1. The van der Waals surface area contributed by atoms with Gasteiger partial charge in [0.25, 0.3) is 5.91 Å². The second kappa shape index (κ2) is 7.13. The minimum atomic E-state index is -4.45. The molecule has 0 fully saturated rings. The number of hydrogen-bond acceptors (Lipinski definition) is 3. The van der Waals surface area contributed by atoms with Crippen molar-refractivity contribution in [2.45, 2.75) is 19.1 Å². The molecule has 0 bridgehead atoms. The van der Waals surface area contributed by atoms with Crippen LogP contribution in [-0.2, 0) is 11.0 Å². The fourth-order valence-electron chi connectivity index (χ4n) is 1.91. The van der Waals surface area contributed by atoms with E-state index in [0.717, 1.165) is 17.7 Å². The maximum atomic E-state index is 12.6. The van der Waals surface area contributed by atoms with Crippen LogP contribution in [0.25, 0.3) is 0 Å². The highest BCUT2D eigenvalue weighted by Crippen LogP contribution is 2.31. The lowest BCUT2D eigenvalue weighted by molar-refractivity contribution is -0.137. The van der Waals surface area contributed by atoms with E-state index >= 15 is 0 Å². The van der Waals surface area contributed by atoms with Gasteiger partial charge in [0, 0.05) is 12.4 Å². The molecule has 1 unspecified atom stereocenters. The van der Waals surface area contributed by atoms with Crippen molar-refractivity contribution in [1.29, 1.82) is 0 Å². The highest BCUT2D eigenvalue weighted by atomic mass is 19.4. The Hall–Kier alpha value is -2.57. The van der Waals surface area contributed by atoms with Crippen molar-refractivity contribution < 1.29 is 22.7 Å². The van der Waals surface area contributed by atoms with Gasteiger partial charge in [-0.2, -0.15) is 13.2 Å². The molecule has 23 heavy (non-hydrogen) atoms. The predicted molar refractivity (Wildman–Crippen MR) is 77.7 cm³/mol. The summed E-state index contributed by atoms with van der Waals surface area (Å²) in [6.07, 6.45) is -1.20. The van der Waals surface area contributed by atoms with Gasteiger partial charge < -0.3 is 10.1 Å². The minimum absolute atomic E-state index is 0.0102. The number of nitrogens with one attached hydrogen (secondary N) is 1. The van der Waals surface area contributed by atoms with Gasteiger partial charge in [0.2, 0.25) is 0 Å². The standard InChI is InChI=1S/C16H15F3N2O2/c1-11(12-4-3-7-20-9-12)21-15(22)10-23-14-6-2-5-13(8-14)16(17,18)19/h2-9,11H,10H2,1H3,(H,21,22). The lowest BCUT2D eigenvalue weighted by atomic mass is 10.1. The highest BCUT2D eigenvalue weighted by molar-refractivity contribution is 5.78. The number of benzene rings is 1. The first-order valence-electron chi connectivity index (χ1n) is 6.85. The highest BCUT2D eigenvalue weighted by Gasteiger charge is 2.30. The summed E-state index contributed by atoms with van der Waals surface area (Å²) in [6.45, 7) is 1.41. The zero-order chi connectivity index (χ0) is 16.9. The molecule has 2 aromatic rings. The maximum absolute atomic E-state index is 12.6. The maximum Gasteiger partial charge on any atom is 0.416 e. The van der Waals surface area contributed by atoms with Crippen molar-refractivity contribution >= 4 is 5.91 Å². The Balaban J connectivity index is 1.90. The van der Waals surface area contributed by atoms with Crippen molar-refractivity contribution in [1.82, 2.24) is 10.3 Å². The van der Waals surface area contributed by atoms with Gasteiger partial charge in [-0.15, -0.1) is 0 Å². The number of ether oxygens (including phenoxy) is 1. The SMILES string of the molecule is CC(NC(=O)COc1cccc(C(F)(F)F)c1)c1cccnc1. The minimum Gasteiger partial charge on any atom is -0.484 e. The zero-order valence-electron chi connectivity index (χ0n) is 12.3. The van der Waals surface area contributed by atoms with Crippen molar-refractivity contribution in [3.8, 4) is 5.75 Å². The molecule has 1 atom stereocenters. The molecule has 1 aromatic carbocycles. The van der Waals surface area contributed by atoms with Crippen LogP contribution in [0.2, 0.25) is 0 Å². The largest absolute Gasteiger partial charge is 0.484 e. The monoisotopic (exact) mass is 324 g/mol. The number of aromatic nitrogens is 1. The summed E-state index contributed by atoms with van der Waals surface area (Å²) in [4.78, 5) is 15.8. The third-order valence-electron chi connectivity index (χ3n) is 3.09. The Kier molecular flexibility index (Phi) is 5.20. The number of amides is 1. The number of nitrogens with zero attached hydrogens (tertiary/aromatic N) is 1. The molecule has 0 saturated heterocycles. The van der Waals surface area contributed by atoms with E-state index in [2.05, 4.69) is 10.3 Å². The molecule has 1 amide bonds. The molecular formula is C16H15F3N2O2. The Morgan fingerprint density at radius 1 is 1.30 bits per heavy atom. The van der Waals surface area contributed by atoms with Gasteiger partial charge in [-0.3, -0.25) is 9.78 Å². The van der Waals surface area contributed by atoms with Gasteiger partial charge >= 0.3 is 6.18 Å². The Morgan fingerprint density at radius 3 is 2.74 bits per heavy atom. The van der Waals surface area contributed by atoms with E-state index in [1.165, 1.54) is 12.1 Å². The smallest absolute Gasteiger partial charge is 0.416 e. The summed E-state index contributed by atoms with van der Waals surface area (Å²) in [5, 5.41) is 2.69. The number of pyridine rings is 1. The molecule has 1 heterocycles. The second-order valence-corrected chi connectivity index (χ2v) is 4.89. The predicted octanol–water partition coefficient (Wildman–Crippen LogP) is 3.36. The summed E-state index contributed by atoms with van der Waals surface area (Å²) in [5.74, 6) is -0.442. The molecule has 0 spiro atoms. The fourth-order valence-corrected chi connectivity index (χ4v) is 1.91. The van der Waals surface area contributed by atoms with Crippen molar-refractivity contribution in [3.63, 3.8) is 0 Å². The topological polar surface area (TPSA) is 51.2 Å². The van der Waals surface area contributed by atoms with Crippen LogP contribution in [-0.4, -0.2) is 17.5 Å². The molecule has 122 valence electrons. The molecule has 0 aliphatic heterocycles. The zero-order valence-corrected chi connectivity index (χ0v) is 12.3. The van der Waals surface area contributed by atoms with E-state index in [9.17, 15) is 18.0 Å². The average Bonchev–Trinajstić information content (AvgIpc) is 2.53. The molecule has 2 rings (SSSR count). The molecular weight excluding hydrogens is 309 g/mol. The van der Waals surface area contributed by atoms with Crippen LogP contribution < -0.4 is 10.1 Å². The van der Waals surface area contributed by atoms with Crippen LogP contribution in [0.3, 0.4) is 0 Å². The third kappa shape index (κ3) is 4.98. The molecule has 0 aliphatic rings. The molecule has 7 heteroatoms. The van der Waals surface area contributed by atoms with Crippen LogP contribution >= 0.6 is 0 Å². The Labute approximate surface area is 131 Å². The van der Waals surface area contributed by atoms with Gasteiger partial charge in [0.05, 0.1) is 11.6 Å². The summed E-state index contributed by atoms with van der Waals surface area (Å²) in [7, 11) is 0. The quantitative estimate of drug-likeness (QED) is 0.917. The molecule has 0 saturated carbocycles. The summed E-state index contributed by atoms with van der Waals surface area (Å²) >= 11 is 0. The second-order valence-electron chi connectivity index (χ2n) is 4.89. The number of halogens is 3. The van der Waals surface area contributed by atoms with Gasteiger partial charge in [-0.05, 0) is 36.8 Å². The van der Waals surface area contributed by atoms with Gasteiger partial charge in [-0.25, -0.2) is 0 Å².